The Labute approximate surface area is 230 Å². The summed E-state index contributed by atoms with van der Waals surface area (Å²) in [5, 5.41) is 2.92. The van der Waals surface area contributed by atoms with Gasteiger partial charge in [0.05, 0.1) is 35.9 Å². The largest absolute Gasteiger partial charge is 0.497 e. The van der Waals surface area contributed by atoms with E-state index in [2.05, 4.69) is 5.32 Å². The molecule has 0 aliphatic heterocycles. The van der Waals surface area contributed by atoms with Crippen molar-refractivity contribution in [1.82, 2.24) is 5.32 Å². The van der Waals surface area contributed by atoms with Crippen molar-refractivity contribution >= 4 is 21.6 Å². The highest BCUT2D eigenvalue weighted by atomic mass is 32.2. The van der Waals surface area contributed by atoms with Crippen LogP contribution in [0.5, 0.6) is 11.5 Å². The van der Waals surface area contributed by atoms with Gasteiger partial charge in [-0.1, -0.05) is 54.6 Å². The maximum absolute atomic E-state index is 13.9. The van der Waals surface area contributed by atoms with Crippen molar-refractivity contribution in [3.63, 3.8) is 0 Å². The molecule has 0 saturated heterocycles. The number of amides is 1. The molecule has 4 aromatic carbocycles. The van der Waals surface area contributed by atoms with E-state index in [4.69, 9.17) is 9.47 Å². The number of carbonyl (C=O) groups is 1. The molecule has 0 aromatic heterocycles. The smallest absolute Gasteiger partial charge is 0.264 e. The molecule has 7 nitrogen and oxygen atoms in total. The minimum atomic E-state index is -4.03. The SMILES string of the molecule is COc1ccc(S(=O)(=O)N(Cc2ccccc2)c2ccccc2C(=O)NCc2ccc(OC(C)C)cc2)cc1. The van der Waals surface area contributed by atoms with E-state index in [0.29, 0.717) is 5.75 Å². The standard InChI is InChI=1S/C31H32N2O5S/c1-23(2)38-27-15-13-24(14-16-27)21-32-31(34)29-11-7-8-12-30(29)33(22-25-9-5-4-6-10-25)39(35,36)28-19-17-26(37-3)18-20-28/h4-20,23H,21-22H2,1-3H3,(H,32,34). The number of hydrogen-bond donors (Lipinski definition) is 1. The number of para-hydroxylation sites is 1. The second-order valence-electron chi connectivity index (χ2n) is 9.18. The Hall–Kier alpha value is -4.30. The van der Waals surface area contributed by atoms with Crippen molar-refractivity contribution in [2.45, 2.75) is 37.9 Å². The van der Waals surface area contributed by atoms with Gasteiger partial charge in [-0.2, -0.15) is 0 Å². The van der Waals surface area contributed by atoms with Crippen LogP contribution in [0.25, 0.3) is 0 Å². The van der Waals surface area contributed by atoms with Gasteiger partial charge in [-0.25, -0.2) is 8.42 Å². The van der Waals surface area contributed by atoms with E-state index in [1.165, 1.54) is 23.5 Å². The summed E-state index contributed by atoms with van der Waals surface area (Å²) in [5.41, 5.74) is 2.22. The van der Waals surface area contributed by atoms with Gasteiger partial charge in [0.1, 0.15) is 11.5 Å². The number of anilines is 1. The van der Waals surface area contributed by atoms with Crippen molar-refractivity contribution in [1.29, 1.82) is 0 Å². The number of nitrogens with one attached hydrogen (secondary N) is 1. The molecule has 0 radical (unpaired) electrons. The van der Waals surface area contributed by atoms with E-state index in [1.54, 1.807) is 36.4 Å². The van der Waals surface area contributed by atoms with Crippen LogP contribution in [0.4, 0.5) is 5.69 Å². The lowest BCUT2D eigenvalue weighted by Gasteiger charge is -2.26. The van der Waals surface area contributed by atoms with Gasteiger partial charge >= 0.3 is 0 Å². The zero-order valence-electron chi connectivity index (χ0n) is 22.2. The lowest BCUT2D eigenvalue weighted by atomic mass is 10.1. The van der Waals surface area contributed by atoms with Crippen molar-refractivity contribution < 1.29 is 22.7 Å². The molecule has 0 spiro atoms. The first-order valence-electron chi connectivity index (χ1n) is 12.6. The number of methoxy groups -OCH3 is 1. The summed E-state index contributed by atoms with van der Waals surface area (Å²) in [6.07, 6.45) is 0.0695. The molecule has 1 N–H and O–H groups in total. The topological polar surface area (TPSA) is 84.9 Å². The maximum atomic E-state index is 13.9. The van der Waals surface area contributed by atoms with Gasteiger partial charge in [-0.05, 0) is 73.5 Å². The molecule has 0 fully saturated rings. The highest BCUT2D eigenvalue weighted by molar-refractivity contribution is 7.92. The fourth-order valence-electron chi connectivity index (χ4n) is 4.04. The molecule has 0 heterocycles. The summed E-state index contributed by atoms with van der Waals surface area (Å²) < 4.78 is 40.0. The van der Waals surface area contributed by atoms with Crippen LogP contribution in [0.1, 0.15) is 35.3 Å². The summed E-state index contributed by atoms with van der Waals surface area (Å²) in [5.74, 6) is 0.925. The Morgan fingerprint density at radius 1 is 0.795 bits per heavy atom. The molecule has 4 rings (SSSR count). The Morgan fingerprint density at radius 2 is 1.41 bits per heavy atom. The van der Waals surface area contributed by atoms with Crippen molar-refractivity contribution in [2.24, 2.45) is 0 Å². The number of ether oxygens (including phenoxy) is 2. The predicted octanol–water partition coefficient (Wildman–Crippen LogP) is 5.81. The molecule has 0 unspecified atom stereocenters. The summed E-state index contributed by atoms with van der Waals surface area (Å²) in [4.78, 5) is 13.5. The van der Waals surface area contributed by atoms with Crippen molar-refractivity contribution in [3.8, 4) is 11.5 Å². The first-order valence-corrected chi connectivity index (χ1v) is 14.1. The minimum absolute atomic E-state index is 0.0524. The molecular weight excluding hydrogens is 512 g/mol. The molecule has 0 aliphatic carbocycles. The number of hydrogen-bond acceptors (Lipinski definition) is 5. The van der Waals surface area contributed by atoms with E-state index in [-0.39, 0.29) is 41.2 Å². The lowest BCUT2D eigenvalue weighted by molar-refractivity contribution is 0.0951. The molecule has 202 valence electrons. The van der Waals surface area contributed by atoms with Gasteiger partial charge in [-0.3, -0.25) is 9.10 Å². The van der Waals surface area contributed by atoms with Crippen LogP contribution >= 0.6 is 0 Å². The molecule has 0 aliphatic rings. The second kappa shape index (κ2) is 12.5. The van der Waals surface area contributed by atoms with E-state index in [9.17, 15) is 13.2 Å². The van der Waals surface area contributed by atoms with Gasteiger partial charge in [0.25, 0.3) is 15.9 Å². The van der Waals surface area contributed by atoms with Gasteiger partial charge in [-0.15, -0.1) is 0 Å². The third-order valence-electron chi connectivity index (χ3n) is 5.98. The van der Waals surface area contributed by atoms with Crippen molar-refractivity contribution in [3.05, 3.63) is 120 Å². The first kappa shape index (κ1) is 27.7. The Balaban J connectivity index is 1.64. The summed E-state index contributed by atoms with van der Waals surface area (Å²) in [7, 11) is -2.51. The molecule has 0 saturated carbocycles. The molecule has 8 heteroatoms. The zero-order chi connectivity index (χ0) is 27.8. The van der Waals surface area contributed by atoms with E-state index >= 15 is 0 Å². The number of nitrogens with zero attached hydrogens (tertiary/aromatic N) is 1. The monoisotopic (exact) mass is 544 g/mol. The maximum Gasteiger partial charge on any atom is 0.264 e. The molecule has 39 heavy (non-hydrogen) atoms. The van der Waals surface area contributed by atoms with Crippen molar-refractivity contribution in [2.75, 3.05) is 11.4 Å². The van der Waals surface area contributed by atoms with E-state index in [1.807, 2.05) is 68.4 Å². The van der Waals surface area contributed by atoms with Crippen LogP contribution in [-0.4, -0.2) is 27.5 Å². The molecule has 4 aromatic rings. The van der Waals surface area contributed by atoms with Gasteiger partial charge in [0, 0.05) is 6.54 Å². The minimum Gasteiger partial charge on any atom is -0.497 e. The number of benzene rings is 4. The quantitative estimate of drug-likeness (QED) is 0.258. The van der Waals surface area contributed by atoms with Crippen LogP contribution in [0.15, 0.2) is 108 Å². The fraction of sp³-hybridized carbons (Fsp3) is 0.194. The summed E-state index contributed by atoms with van der Waals surface area (Å²) in [6, 6.07) is 29.7. The molecule has 0 bridgehead atoms. The van der Waals surface area contributed by atoms with Crippen LogP contribution < -0.4 is 19.1 Å². The highest BCUT2D eigenvalue weighted by Gasteiger charge is 2.28. The normalized spacial score (nSPS) is 11.2. The second-order valence-corrected chi connectivity index (χ2v) is 11.0. The Bertz CT molecular complexity index is 1490. The van der Waals surface area contributed by atoms with Gasteiger partial charge in [0.15, 0.2) is 0 Å². The summed E-state index contributed by atoms with van der Waals surface area (Å²) >= 11 is 0. The summed E-state index contributed by atoms with van der Waals surface area (Å²) in [6.45, 7) is 4.25. The van der Waals surface area contributed by atoms with Gasteiger partial charge in [0.2, 0.25) is 0 Å². The van der Waals surface area contributed by atoms with Gasteiger partial charge < -0.3 is 14.8 Å². The van der Waals surface area contributed by atoms with E-state index < -0.39 is 10.0 Å². The molecular formula is C31H32N2O5S. The number of rotatable bonds is 11. The average molecular weight is 545 g/mol. The number of sulfonamides is 1. The van der Waals surface area contributed by atoms with E-state index in [0.717, 1.165) is 16.9 Å². The highest BCUT2D eigenvalue weighted by Crippen LogP contribution is 2.30. The Morgan fingerprint density at radius 3 is 2.05 bits per heavy atom. The van der Waals surface area contributed by atoms with Crippen LogP contribution in [0.2, 0.25) is 0 Å². The van der Waals surface area contributed by atoms with Crippen LogP contribution in [0.3, 0.4) is 0 Å². The molecule has 0 atom stereocenters. The fourth-order valence-corrected chi connectivity index (χ4v) is 5.51. The average Bonchev–Trinajstić information content (AvgIpc) is 2.95. The third-order valence-corrected chi connectivity index (χ3v) is 7.76. The number of carbonyl (C=O) groups excluding carboxylic acids is 1. The lowest BCUT2D eigenvalue weighted by Crippen LogP contribution is -2.33. The predicted molar refractivity (Wildman–Crippen MR) is 153 cm³/mol. The zero-order valence-corrected chi connectivity index (χ0v) is 23.0. The Kier molecular flexibility index (Phi) is 8.88. The first-order chi connectivity index (χ1) is 18.8. The third kappa shape index (κ3) is 6.97. The van der Waals surface area contributed by atoms with Crippen LogP contribution in [-0.2, 0) is 23.1 Å². The molecule has 1 amide bonds. The van der Waals surface area contributed by atoms with Crippen LogP contribution in [0, 0.1) is 0 Å².